The van der Waals surface area contributed by atoms with Gasteiger partial charge in [-0.15, -0.1) is 0 Å². The van der Waals surface area contributed by atoms with E-state index in [4.69, 9.17) is 0 Å². The Bertz CT molecular complexity index is 683. The van der Waals surface area contributed by atoms with Gasteiger partial charge in [-0.25, -0.2) is 13.6 Å². The van der Waals surface area contributed by atoms with Crippen LogP contribution in [0.2, 0.25) is 0 Å². The van der Waals surface area contributed by atoms with Crippen LogP contribution in [-0.4, -0.2) is 22.0 Å². The number of hydrogen-bond acceptors (Lipinski definition) is 1. The van der Waals surface area contributed by atoms with Crippen molar-refractivity contribution in [3.8, 4) is 0 Å². The summed E-state index contributed by atoms with van der Waals surface area (Å²) in [5, 5.41) is 2.50. The fourth-order valence-corrected chi connectivity index (χ4v) is 2.63. The second-order valence-corrected chi connectivity index (χ2v) is 5.05. The van der Waals surface area contributed by atoms with E-state index in [9.17, 15) is 13.6 Å². The SMILES string of the molecule is C[C@H]1c2cccn2CCN1C(=O)Nc1ccc(F)cc1F. The van der Waals surface area contributed by atoms with Gasteiger partial charge in [0.1, 0.15) is 11.6 Å². The Morgan fingerprint density at radius 2 is 2.10 bits per heavy atom. The van der Waals surface area contributed by atoms with Gasteiger partial charge < -0.3 is 14.8 Å². The summed E-state index contributed by atoms with van der Waals surface area (Å²) >= 11 is 0. The molecule has 21 heavy (non-hydrogen) atoms. The van der Waals surface area contributed by atoms with E-state index in [0.29, 0.717) is 13.1 Å². The minimum atomic E-state index is -0.781. The lowest BCUT2D eigenvalue weighted by Crippen LogP contribution is -2.43. The number of rotatable bonds is 1. The third-order valence-corrected chi connectivity index (χ3v) is 3.78. The molecule has 0 bridgehead atoms. The van der Waals surface area contributed by atoms with E-state index in [0.717, 1.165) is 17.8 Å². The van der Waals surface area contributed by atoms with Gasteiger partial charge in [0.25, 0.3) is 0 Å². The van der Waals surface area contributed by atoms with Gasteiger partial charge in [-0.1, -0.05) is 0 Å². The lowest BCUT2D eigenvalue weighted by molar-refractivity contribution is 0.175. The van der Waals surface area contributed by atoms with Gasteiger partial charge in [0.05, 0.1) is 11.7 Å². The molecule has 1 atom stereocenters. The zero-order valence-electron chi connectivity index (χ0n) is 11.5. The van der Waals surface area contributed by atoms with Gasteiger partial charge in [-0.3, -0.25) is 0 Å². The molecule has 110 valence electrons. The molecule has 1 N–H and O–H groups in total. The Balaban J connectivity index is 1.77. The van der Waals surface area contributed by atoms with Crippen LogP contribution in [0.5, 0.6) is 0 Å². The van der Waals surface area contributed by atoms with Gasteiger partial charge in [0.15, 0.2) is 0 Å². The summed E-state index contributed by atoms with van der Waals surface area (Å²) in [5.74, 6) is -1.45. The molecule has 1 aliphatic heterocycles. The van der Waals surface area contributed by atoms with E-state index >= 15 is 0 Å². The standard InChI is InChI=1S/C15H15F2N3O/c1-10-14-3-2-6-19(14)7-8-20(10)15(21)18-13-5-4-11(16)9-12(13)17/h2-6,9-10H,7-8H2,1H3,(H,18,21)/t10-/m0/s1. The average molecular weight is 291 g/mol. The van der Waals surface area contributed by atoms with E-state index < -0.39 is 11.6 Å². The highest BCUT2D eigenvalue weighted by molar-refractivity contribution is 5.89. The first-order chi connectivity index (χ1) is 10.1. The van der Waals surface area contributed by atoms with Crippen LogP contribution in [0.4, 0.5) is 19.3 Å². The molecule has 0 saturated carbocycles. The van der Waals surface area contributed by atoms with Crippen molar-refractivity contribution in [2.75, 3.05) is 11.9 Å². The number of nitrogens with zero attached hydrogens (tertiary/aromatic N) is 2. The molecule has 2 aromatic rings. The zero-order chi connectivity index (χ0) is 15.0. The number of fused-ring (bicyclic) bond motifs is 1. The molecule has 0 spiro atoms. The molecule has 1 aromatic heterocycles. The van der Waals surface area contributed by atoms with Gasteiger partial charge in [0, 0.05) is 31.0 Å². The molecule has 2 heterocycles. The Kier molecular flexibility index (Phi) is 3.37. The average Bonchev–Trinajstić information content (AvgIpc) is 2.91. The molecule has 1 aromatic carbocycles. The molecule has 0 unspecified atom stereocenters. The van der Waals surface area contributed by atoms with Crippen LogP contribution in [0.3, 0.4) is 0 Å². The Morgan fingerprint density at radius 1 is 1.29 bits per heavy atom. The minimum absolute atomic E-state index is 0.0189. The van der Waals surface area contributed by atoms with Crippen molar-refractivity contribution in [1.29, 1.82) is 0 Å². The molecule has 0 saturated heterocycles. The van der Waals surface area contributed by atoms with E-state index in [2.05, 4.69) is 9.88 Å². The van der Waals surface area contributed by atoms with Crippen molar-refractivity contribution >= 4 is 11.7 Å². The fraction of sp³-hybridized carbons (Fsp3) is 0.267. The minimum Gasteiger partial charge on any atom is -0.348 e. The zero-order valence-corrected chi connectivity index (χ0v) is 11.5. The van der Waals surface area contributed by atoms with Crippen LogP contribution >= 0.6 is 0 Å². The summed E-state index contributed by atoms with van der Waals surface area (Å²) in [6.07, 6.45) is 1.97. The highest BCUT2D eigenvalue weighted by Gasteiger charge is 2.27. The monoisotopic (exact) mass is 291 g/mol. The molecule has 1 aliphatic rings. The number of aromatic nitrogens is 1. The molecular formula is C15H15F2N3O. The molecular weight excluding hydrogens is 276 g/mol. The lowest BCUT2D eigenvalue weighted by atomic mass is 10.1. The number of carbonyl (C=O) groups is 1. The topological polar surface area (TPSA) is 37.3 Å². The first-order valence-electron chi connectivity index (χ1n) is 6.74. The van der Waals surface area contributed by atoms with E-state index in [1.54, 1.807) is 4.90 Å². The first kappa shape index (κ1) is 13.6. The number of anilines is 1. The third-order valence-electron chi connectivity index (χ3n) is 3.78. The highest BCUT2D eigenvalue weighted by Crippen LogP contribution is 2.26. The lowest BCUT2D eigenvalue weighted by Gasteiger charge is -2.34. The van der Waals surface area contributed by atoms with Crippen molar-refractivity contribution in [3.63, 3.8) is 0 Å². The van der Waals surface area contributed by atoms with Crippen molar-refractivity contribution < 1.29 is 13.6 Å². The molecule has 4 nitrogen and oxygen atoms in total. The molecule has 0 aliphatic carbocycles. The number of carbonyl (C=O) groups excluding carboxylic acids is 1. The van der Waals surface area contributed by atoms with Gasteiger partial charge in [-0.05, 0) is 31.2 Å². The molecule has 2 amide bonds. The van der Waals surface area contributed by atoms with Crippen LogP contribution in [-0.2, 0) is 6.54 Å². The fourth-order valence-electron chi connectivity index (χ4n) is 2.63. The number of urea groups is 1. The first-order valence-corrected chi connectivity index (χ1v) is 6.74. The van der Waals surface area contributed by atoms with Crippen LogP contribution in [0.25, 0.3) is 0 Å². The second-order valence-electron chi connectivity index (χ2n) is 5.05. The van der Waals surface area contributed by atoms with Crippen LogP contribution < -0.4 is 5.32 Å². The Hall–Kier alpha value is -2.37. The summed E-state index contributed by atoms with van der Waals surface area (Å²) in [4.78, 5) is 13.9. The maximum absolute atomic E-state index is 13.6. The third kappa shape index (κ3) is 2.49. The van der Waals surface area contributed by atoms with Crippen molar-refractivity contribution in [2.45, 2.75) is 19.5 Å². The quantitative estimate of drug-likeness (QED) is 0.859. The number of nitrogens with one attached hydrogen (secondary N) is 1. The normalized spacial score (nSPS) is 17.5. The van der Waals surface area contributed by atoms with E-state index in [-0.39, 0.29) is 17.8 Å². The van der Waals surface area contributed by atoms with Crippen molar-refractivity contribution in [3.05, 3.63) is 53.9 Å². The van der Waals surface area contributed by atoms with Crippen LogP contribution in [0.15, 0.2) is 36.5 Å². The maximum Gasteiger partial charge on any atom is 0.322 e. The molecule has 0 radical (unpaired) electrons. The van der Waals surface area contributed by atoms with E-state index in [1.807, 2.05) is 25.3 Å². The summed E-state index contributed by atoms with van der Waals surface area (Å²) in [6.45, 7) is 3.16. The molecule has 0 fully saturated rings. The predicted molar refractivity (Wildman–Crippen MR) is 74.9 cm³/mol. The Labute approximate surface area is 121 Å². The van der Waals surface area contributed by atoms with Gasteiger partial charge in [0.2, 0.25) is 0 Å². The number of amides is 2. The maximum atomic E-state index is 13.6. The number of benzene rings is 1. The van der Waals surface area contributed by atoms with Gasteiger partial charge >= 0.3 is 6.03 Å². The van der Waals surface area contributed by atoms with Crippen LogP contribution in [0.1, 0.15) is 18.7 Å². The molecule has 3 rings (SSSR count). The smallest absolute Gasteiger partial charge is 0.322 e. The van der Waals surface area contributed by atoms with E-state index in [1.165, 1.54) is 6.07 Å². The number of hydrogen-bond donors (Lipinski definition) is 1. The van der Waals surface area contributed by atoms with Crippen LogP contribution in [0, 0.1) is 11.6 Å². The van der Waals surface area contributed by atoms with Crippen molar-refractivity contribution in [2.24, 2.45) is 0 Å². The summed E-state index contributed by atoms with van der Waals surface area (Å²) < 4.78 is 28.5. The summed E-state index contributed by atoms with van der Waals surface area (Å²) in [5.41, 5.74) is 1.02. The summed E-state index contributed by atoms with van der Waals surface area (Å²) in [7, 11) is 0. The Morgan fingerprint density at radius 3 is 2.86 bits per heavy atom. The largest absolute Gasteiger partial charge is 0.348 e. The molecule has 6 heteroatoms. The van der Waals surface area contributed by atoms with Crippen molar-refractivity contribution in [1.82, 2.24) is 9.47 Å². The summed E-state index contributed by atoms with van der Waals surface area (Å²) in [6, 6.07) is 6.50. The second kappa shape index (κ2) is 5.20. The predicted octanol–water partition coefficient (Wildman–Crippen LogP) is 3.38. The van der Waals surface area contributed by atoms with Gasteiger partial charge in [-0.2, -0.15) is 0 Å². The highest BCUT2D eigenvalue weighted by atomic mass is 19.1. The number of halogens is 2.